The molecule has 1 atom stereocenters. The average molecular weight is 355 g/mol. The van der Waals surface area contributed by atoms with Gasteiger partial charge in [0.1, 0.15) is 18.1 Å². The van der Waals surface area contributed by atoms with Crippen molar-refractivity contribution in [2.24, 2.45) is 0 Å². The molecule has 0 unspecified atom stereocenters. The minimum atomic E-state index is -0.0638. The van der Waals surface area contributed by atoms with Crippen LogP contribution in [0.5, 0.6) is 11.5 Å². The molecule has 140 valence electrons. The monoisotopic (exact) mass is 355 g/mol. The quantitative estimate of drug-likeness (QED) is 0.696. The summed E-state index contributed by atoms with van der Waals surface area (Å²) in [6, 6.07) is 13.6. The lowest BCUT2D eigenvalue weighted by Crippen LogP contribution is -2.32. The largest absolute Gasteiger partial charge is 0.493 e. The van der Waals surface area contributed by atoms with Gasteiger partial charge in [0, 0.05) is 17.2 Å². The van der Waals surface area contributed by atoms with Gasteiger partial charge >= 0.3 is 0 Å². The van der Waals surface area contributed by atoms with Gasteiger partial charge in [0.15, 0.2) is 0 Å². The highest BCUT2D eigenvalue weighted by molar-refractivity contribution is 5.94. The fraction of sp³-hybridized carbons (Fsp3) is 0.409. The number of nitrogens with one attached hydrogen (secondary N) is 1. The zero-order valence-electron chi connectivity index (χ0n) is 16.2. The van der Waals surface area contributed by atoms with Crippen LogP contribution in [0, 0.1) is 6.92 Å². The van der Waals surface area contributed by atoms with Gasteiger partial charge in [-0.1, -0.05) is 31.5 Å². The van der Waals surface area contributed by atoms with Gasteiger partial charge in [-0.25, -0.2) is 0 Å². The van der Waals surface area contributed by atoms with Crippen molar-refractivity contribution >= 4 is 5.91 Å². The number of amides is 1. The van der Waals surface area contributed by atoms with Crippen molar-refractivity contribution in [2.75, 3.05) is 6.61 Å². The molecule has 26 heavy (non-hydrogen) atoms. The van der Waals surface area contributed by atoms with Crippen LogP contribution in [0.2, 0.25) is 0 Å². The Balaban J connectivity index is 2.16. The Bertz CT molecular complexity index is 727. The van der Waals surface area contributed by atoms with Crippen LogP contribution in [0.15, 0.2) is 42.5 Å². The van der Waals surface area contributed by atoms with Crippen molar-refractivity contribution in [1.29, 1.82) is 0 Å². The molecule has 0 saturated heterocycles. The summed E-state index contributed by atoms with van der Waals surface area (Å²) >= 11 is 0. The summed E-state index contributed by atoms with van der Waals surface area (Å²) < 4.78 is 11.7. The van der Waals surface area contributed by atoms with Gasteiger partial charge in [0.05, 0.1) is 6.61 Å². The predicted molar refractivity (Wildman–Crippen MR) is 105 cm³/mol. The van der Waals surface area contributed by atoms with Gasteiger partial charge in [-0.2, -0.15) is 0 Å². The van der Waals surface area contributed by atoms with E-state index in [2.05, 4.69) is 12.2 Å². The first kappa shape index (κ1) is 19.8. The smallest absolute Gasteiger partial charge is 0.251 e. The molecule has 2 aromatic rings. The van der Waals surface area contributed by atoms with Crippen LogP contribution in [0.4, 0.5) is 0 Å². The number of hydrogen-bond donors (Lipinski definition) is 1. The molecule has 4 nitrogen and oxygen atoms in total. The highest BCUT2D eigenvalue weighted by Crippen LogP contribution is 2.24. The van der Waals surface area contributed by atoms with E-state index in [-0.39, 0.29) is 11.9 Å². The molecular formula is C22H29NO3. The second-order valence-electron chi connectivity index (χ2n) is 6.47. The molecule has 1 amide bonds. The Hall–Kier alpha value is -2.49. The van der Waals surface area contributed by atoms with E-state index in [4.69, 9.17) is 9.47 Å². The zero-order valence-corrected chi connectivity index (χ0v) is 16.2. The first-order valence-electron chi connectivity index (χ1n) is 9.30. The molecule has 0 bridgehead atoms. The van der Waals surface area contributed by atoms with Crippen molar-refractivity contribution in [2.45, 2.75) is 53.2 Å². The van der Waals surface area contributed by atoms with E-state index in [1.165, 1.54) is 0 Å². The maximum Gasteiger partial charge on any atom is 0.251 e. The third-order valence-corrected chi connectivity index (χ3v) is 4.20. The lowest BCUT2D eigenvalue weighted by Gasteiger charge is -2.16. The summed E-state index contributed by atoms with van der Waals surface area (Å²) in [5, 5.41) is 3.04. The molecule has 2 aromatic carbocycles. The highest BCUT2D eigenvalue weighted by atomic mass is 16.5. The van der Waals surface area contributed by atoms with Gasteiger partial charge in [-0.15, -0.1) is 0 Å². The minimum Gasteiger partial charge on any atom is -0.493 e. The zero-order chi connectivity index (χ0) is 18.9. The van der Waals surface area contributed by atoms with Crippen LogP contribution in [0.3, 0.4) is 0 Å². The number of carbonyl (C=O) groups is 1. The third-order valence-electron chi connectivity index (χ3n) is 4.20. The third kappa shape index (κ3) is 5.51. The van der Waals surface area contributed by atoms with Crippen LogP contribution in [0.25, 0.3) is 0 Å². The summed E-state index contributed by atoms with van der Waals surface area (Å²) in [6.07, 6.45) is 2.01. The van der Waals surface area contributed by atoms with Gasteiger partial charge in [0.25, 0.3) is 5.91 Å². The maximum atomic E-state index is 12.5. The van der Waals surface area contributed by atoms with Crippen molar-refractivity contribution in [3.05, 3.63) is 59.2 Å². The highest BCUT2D eigenvalue weighted by Gasteiger charge is 2.13. The average Bonchev–Trinajstić information content (AvgIpc) is 2.62. The van der Waals surface area contributed by atoms with Gasteiger partial charge < -0.3 is 14.8 Å². The summed E-state index contributed by atoms with van der Waals surface area (Å²) in [6.45, 7) is 9.01. The Morgan fingerprint density at radius 3 is 2.54 bits per heavy atom. The predicted octanol–water partition coefficient (Wildman–Crippen LogP) is 4.89. The molecule has 0 aliphatic heterocycles. The van der Waals surface area contributed by atoms with Crippen LogP contribution in [0.1, 0.15) is 55.1 Å². The van der Waals surface area contributed by atoms with Crippen molar-refractivity contribution in [1.82, 2.24) is 5.32 Å². The maximum absolute atomic E-state index is 12.5. The molecular weight excluding hydrogens is 326 g/mol. The molecule has 0 aliphatic carbocycles. The van der Waals surface area contributed by atoms with E-state index >= 15 is 0 Å². The van der Waals surface area contributed by atoms with Crippen LogP contribution in [-0.2, 0) is 6.61 Å². The number of ether oxygens (including phenoxy) is 2. The topological polar surface area (TPSA) is 47.6 Å². The minimum absolute atomic E-state index is 0.0638. The lowest BCUT2D eigenvalue weighted by molar-refractivity contribution is 0.0938. The first-order chi connectivity index (χ1) is 12.5. The van der Waals surface area contributed by atoms with Gasteiger partial charge in [-0.3, -0.25) is 4.79 Å². The molecule has 0 aromatic heterocycles. The number of rotatable bonds is 9. The second kappa shape index (κ2) is 9.85. The Kier molecular flexibility index (Phi) is 7.52. The fourth-order valence-electron chi connectivity index (χ4n) is 2.82. The molecule has 0 radical (unpaired) electrons. The second-order valence-corrected chi connectivity index (χ2v) is 6.47. The van der Waals surface area contributed by atoms with Gasteiger partial charge in [0.2, 0.25) is 0 Å². The van der Waals surface area contributed by atoms with E-state index in [9.17, 15) is 4.79 Å². The fourth-order valence-corrected chi connectivity index (χ4v) is 2.82. The lowest BCUT2D eigenvalue weighted by atomic mass is 10.1. The summed E-state index contributed by atoms with van der Waals surface area (Å²) in [7, 11) is 0. The molecule has 0 saturated carbocycles. The van der Waals surface area contributed by atoms with Crippen LogP contribution in [-0.4, -0.2) is 18.6 Å². The van der Waals surface area contributed by atoms with Crippen molar-refractivity contribution in [3.8, 4) is 11.5 Å². The van der Waals surface area contributed by atoms with E-state index < -0.39 is 0 Å². The molecule has 2 rings (SSSR count). The molecule has 0 fully saturated rings. The van der Waals surface area contributed by atoms with Crippen molar-refractivity contribution < 1.29 is 14.3 Å². The normalized spacial score (nSPS) is 11.7. The molecule has 0 heterocycles. The molecule has 4 heteroatoms. The molecule has 0 aliphatic rings. The SMILES string of the molecule is CCC[C@H](C)NC(=O)c1ccc(OCC)c(COc2ccccc2C)c1. The molecule has 0 spiro atoms. The van der Waals surface area contributed by atoms with E-state index in [1.54, 1.807) is 6.07 Å². The Morgan fingerprint density at radius 2 is 1.85 bits per heavy atom. The summed E-state index contributed by atoms with van der Waals surface area (Å²) in [5.74, 6) is 1.52. The van der Waals surface area contributed by atoms with Gasteiger partial charge in [-0.05, 0) is 57.0 Å². The molecule has 1 N–H and O–H groups in total. The van der Waals surface area contributed by atoms with Crippen LogP contribution < -0.4 is 14.8 Å². The van der Waals surface area contributed by atoms with E-state index in [1.807, 2.05) is 57.2 Å². The van der Waals surface area contributed by atoms with E-state index in [0.717, 1.165) is 35.5 Å². The summed E-state index contributed by atoms with van der Waals surface area (Å²) in [5.41, 5.74) is 2.57. The van der Waals surface area contributed by atoms with E-state index in [0.29, 0.717) is 18.8 Å². The van der Waals surface area contributed by atoms with Crippen LogP contribution >= 0.6 is 0 Å². The number of carbonyl (C=O) groups excluding carboxylic acids is 1. The number of para-hydroxylation sites is 1. The standard InChI is InChI=1S/C22H29NO3/c1-5-9-17(4)23-22(24)18-12-13-21(25-6-2)19(14-18)15-26-20-11-8-7-10-16(20)3/h7-8,10-14,17H,5-6,9,15H2,1-4H3,(H,23,24)/t17-/m0/s1. The summed E-state index contributed by atoms with van der Waals surface area (Å²) in [4.78, 5) is 12.5. The number of benzene rings is 2. The Labute approximate surface area is 156 Å². The van der Waals surface area contributed by atoms with Crippen molar-refractivity contribution in [3.63, 3.8) is 0 Å². The number of aryl methyl sites for hydroxylation is 1. The first-order valence-corrected chi connectivity index (χ1v) is 9.30. The number of hydrogen-bond acceptors (Lipinski definition) is 3. The Morgan fingerprint density at radius 1 is 1.08 bits per heavy atom.